The first-order valence-corrected chi connectivity index (χ1v) is 9.51. The van der Waals surface area contributed by atoms with Crippen molar-refractivity contribution in [2.45, 2.75) is 36.6 Å². The number of nitrogens with two attached hydrogens (primary N) is 1. The molecule has 128 valence electrons. The maximum atomic E-state index is 12.9. The molecular weight excluding hydrogens is 336 g/mol. The topological polar surface area (TPSA) is 72.6 Å². The number of halogens is 1. The number of sulfonamides is 1. The average Bonchev–Trinajstić information content (AvgIpc) is 3.10. The molecule has 2 fully saturated rings. The number of hydrogen-bond acceptors (Lipinski definition) is 4. The van der Waals surface area contributed by atoms with Crippen LogP contribution in [-0.4, -0.2) is 38.5 Å². The maximum absolute atomic E-state index is 12.9. The molecule has 3 aliphatic rings. The van der Waals surface area contributed by atoms with E-state index in [1.54, 1.807) is 22.5 Å². The van der Waals surface area contributed by atoms with Crippen LogP contribution in [0, 0.1) is 11.8 Å². The quantitative estimate of drug-likeness (QED) is 0.874. The van der Waals surface area contributed by atoms with Crippen molar-refractivity contribution in [2.75, 3.05) is 19.7 Å². The Kier molecular flexibility index (Phi) is 4.62. The summed E-state index contributed by atoms with van der Waals surface area (Å²) >= 11 is 0. The van der Waals surface area contributed by atoms with E-state index in [1.807, 2.05) is 0 Å². The number of rotatable bonds is 2. The molecule has 1 saturated heterocycles. The molecule has 5 nitrogen and oxygen atoms in total. The van der Waals surface area contributed by atoms with Crippen molar-refractivity contribution in [3.63, 3.8) is 0 Å². The molecule has 2 N–H and O–H groups in total. The van der Waals surface area contributed by atoms with Crippen molar-refractivity contribution in [3.8, 4) is 5.75 Å². The molecule has 0 amide bonds. The van der Waals surface area contributed by atoms with Crippen LogP contribution in [-0.2, 0) is 16.4 Å². The lowest BCUT2D eigenvalue weighted by molar-refractivity contribution is 0.288. The summed E-state index contributed by atoms with van der Waals surface area (Å²) in [5.41, 5.74) is 7.12. The fraction of sp³-hybridized carbons (Fsp3) is 0.625. The van der Waals surface area contributed by atoms with Crippen LogP contribution < -0.4 is 10.5 Å². The van der Waals surface area contributed by atoms with Crippen molar-refractivity contribution in [1.82, 2.24) is 4.31 Å². The third-order valence-electron chi connectivity index (χ3n) is 5.40. The van der Waals surface area contributed by atoms with E-state index < -0.39 is 10.0 Å². The van der Waals surface area contributed by atoms with Crippen molar-refractivity contribution in [1.29, 1.82) is 0 Å². The molecule has 3 atom stereocenters. The van der Waals surface area contributed by atoms with Crippen molar-refractivity contribution in [2.24, 2.45) is 17.6 Å². The Hall–Kier alpha value is -0.820. The van der Waals surface area contributed by atoms with E-state index in [0.29, 0.717) is 36.4 Å². The minimum absolute atomic E-state index is 0. The van der Waals surface area contributed by atoms with Gasteiger partial charge in [0.1, 0.15) is 5.75 Å². The van der Waals surface area contributed by atoms with Crippen molar-refractivity contribution in [3.05, 3.63) is 23.8 Å². The highest BCUT2D eigenvalue weighted by Crippen LogP contribution is 2.39. The van der Waals surface area contributed by atoms with Gasteiger partial charge in [-0.05, 0) is 61.3 Å². The van der Waals surface area contributed by atoms with Gasteiger partial charge >= 0.3 is 0 Å². The van der Waals surface area contributed by atoms with E-state index in [1.165, 1.54) is 0 Å². The Morgan fingerprint density at radius 2 is 2.04 bits per heavy atom. The average molecular weight is 359 g/mol. The summed E-state index contributed by atoms with van der Waals surface area (Å²) in [6.45, 7) is 1.91. The molecule has 1 aromatic rings. The van der Waals surface area contributed by atoms with Gasteiger partial charge in [-0.3, -0.25) is 0 Å². The minimum Gasteiger partial charge on any atom is -0.493 e. The molecular formula is C16H23ClN2O3S. The Labute approximate surface area is 143 Å². The first-order valence-electron chi connectivity index (χ1n) is 8.07. The smallest absolute Gasteiger partial charge is 0.243 e. The number of fused-ring (bicyclic) bond motifs is 2. The number of hydrogen-bond donors (Lipinski definition) is 1. The highest BCUT2D eigenvalue weighted by Gasteiger charge is 2.45. The summed E-state index contributed by atoms with van der Waals surface area (Å²) in [7, 11) is -3.42. The van der Waals surface area contributed by atoms with Crippen LogP contribution in [0.3, 0.4) is 0 Å². The molecule has 3 unspecified atom stereocenters. The highest BCUT2D eigenvalue weighted by atomic mass is 35.5. The minimum atomic E-state index is -3.42. The van der Waals surface area contributed by atoms with Gasteiger partial charge < -0.3 is 10.5 Å². The largest absolute Gasteiger partial charge is 0.493 e. The molecule has 23 heavy (non-hydrogen) atoms. The van der Waals surface area contributed by atoms with Gasteiger partial charge in [-0.2, -0.15) is 4.31 Å². The molecule has 1 saturated carbocycles. The molecule has 0 bridgehead atoms. The highest BCUT2D eigenvalue weighted by molar-refractivity contribution is 7.89. The summed E-state index contributed by atoms with van der Waals surface area (Å²) in [4.78, 5) is 0.394. The molecule has 7 heteroatoms. The number of ether oxygens (including phenoxy) is 1. The van der Waals surface area contributed by atoms with Gasteiger partial charge in [0.2, 0.25) is 10.0 Å². The second-order valence-corrected chi connectivity index (χ2v) is 8.65. The lowest BCUT2D eigenvalue weighted by atomic mass is 9.98. The van der Waals surface area contributed by atoms with Crippen molar-refractivity contribution >= 4 is 22.4 Å². The van der Waals surface area contributed by atoms with Gasteiger partial charge in [-0.1, -0.05) is 0 Å². The molecule has 0 spiro atoms. The molecule has 4 rings (SSSR count). The predicted octanol–water partition coefficient (Wildman–Crippen LogP) is 1.79. The Balaban J connectivity index is 0.00000156. The van der Waals surface area contributed by atoms with Gasteiger partial charge in [0.05, 0.1) is 11.5 Å². The third-order valence-corrected chi connectivity index (χ3v) is 7.22. The molecule has 0 radical (unpaired) electrons. The van der Waals surface area contributed by atoms with Crippen LogP contribution in [0.4, 0.5) is 0 Å². The fourth-order valence-corrected chi connectivity index (χ4v) is 5.69. The second kappa shape index (κ2) is 6.24. The predicted molar refractivity (Wildman–Crippen MR) is 90.5 cm³/mol. The molecule has 1 aliphatic carbocycles. The number of benzene rings is 1. The van der Waals surface area contributed by atoms with E-state index in [4.69, 9.17) is 10.5 Å². The number of aryl methyl sites for hydroxylation is 1. The molecule has 2 heterocycles. The van der Waals surface area contributed by atoms with Gasteiger partial charge in [-0.25, -0.2) is 8.42 Å². The van der Waals surface area contributed by atoms with Gasteiger partial charge in [0.25, 0.3) is 0 Å². The van der Waals surface area contributed by atoms with Crippen LogP contribution in [0.2, 0.25) is 0 Å². The fourth-order valence-electron chi connectivity index (χ4n) is 4.11. The zero-order valence-corrected chi connectivity index (χ0v) is 14.6. The van der Waals surface area contributed by atoms with E-state index >= 15 is 0 Å². The summed E-state index contributed by atoms with van der Waals surface area (Å²) in [6, 6.07) is 5.41. The van der Waals surface area contributed by atoms with Crippen LogP contribution >= 0.6 is 12.4 Å². The van der Waals surface area contributed by atoms with Gasteiger partial charge in [-0.15, -0.1) is 12.4 Å². The third kappa shape index (κ3) is 2.86. The monoisotopic (exact) mass is 358 g/mol. The standard InChI is InChI=1S/C16H22N2O3S.ClH/c17-15-5-3-12-9-18(10-14(12)15)22(19,20)13-4-6-16-11(8-13)2-1-7-21-16;/h4,6,8,12,14-15H,1-3,5,7,9-10,17H2;1H. The van der Waals surface area contributed by atoms with E-state index in [9.17, 15) is 8.42 Å². The lowest BCUT2D eigenvalue weighted by Crippen LogP contribution is -2.33. The zero-order chi connectivity index (χ0) is 15.3. The Bertz CT molecular complexity index is 695. The van der Waals surface area contributed by atoms with Crippen molar-refractivity contribution < 1.29 is 13.2 Å². The van der Waals surface area contributed by atoms with E-state index in [2.05, 4.69) is 0 Å². The van der Waals surface area contributed by atoms with Crippen LogP contribution in [0.15, 0.2) is 23.1 Å². The Morgan fingerprint density at radius 1 is 1.22 bits per heavy atom. The SMILES string of the molecule is Cl.NC1CCC2CN(S(=O)(=O)c3ccc4c(c3)CCCO4)CC12. The zero-order valence-electron chi connectivity index (χ0n) is 13.0. The van der Waals surface area contributed by atoms with Crippen LogP contribution in [0.25, 0.3) is 0 Å². The number of nitrogens with zero attached hydrogens (tertiary/aromatic N) is 1. The summed E-state index contributed by atoms with van der Waals surface area (Å²) in [6.07, 6.45) is 3.91. The molecule has 2 aliphatic heterocycles. The Morgan fingerprint density at radius 3 is 2.83 bits per heavy atom. The summed E-state index contributed by atoms with van der Waals surface area (Å²) in [5, 5.41) is 0. The molecule has 0 aromatic heterocycles. The van der Waals surface area contributed by atoms with Crippen LogP contribution in [0.5, 0.6) is 5.75 Å². The first-order chi connectivity index (χ1) is 10.6. The van der Waals surface area contributed by atoms with E-state index in [0.717, 1.165) is 37.0 Å². The lowest BCUT2D eigenvalue weighted by Gasteiger charge is -2.21. The van der Waals surface area contributed by atoms with Gasteiger partial charge in [0, 0.05) is 19.1 Å². The van der Waals surface area contributed by atoms with E-state index in [-0.39, 0.29) is 18.4 Å². The maximum Gasteiger partial charge on any atom is 0.243 e. The van der Waals surface area contributed by atoms with Gasteiger partial charge in [0.15, 0.2) is 0 Å². The summed E-state index contributed by atoms with van der Waals surface area (Å²) < 4.78 is 33.0. The second-order valence-electron chi connectivity index (χ2n) is 6.71. The summed E-state index contributed by atoms with van der Waals surface area (Å²) in [5.74, 6) is 1.59. The first kappa shape index (κ1) is 17.0. The molecule has 1 aromatic carbocycles. The van der Waals surface area contributed by atoms with Crippen LogP contribution in [0.1, 0.15) is 24.8 Å². The normalized spacial score (nSPS) is 30.2.